The quantitative estimate of drug-likeness (QED) is 0.491. The fourth-order valence-electron chi connectivity index (χ4n) is 3.23. The molecule has 0 atom stereocenters. The molecule has 4 heterocycles. The molecule has 0 aliphatic rings. The van der Waals surface area contributed by atoms with Gasteiger partial charge in [0.25, 0.3) is 5.91 Å². The van der Waals surface area contributed by atoms with Crippen LogP contribution in [0.5, 0.6) is 0 Å². The van der Waals surface area contributed by atoms with Crippen LogP contribution in [0, 0.1) is 11.3 Å². The molecule has 0 spiro atoms. The van der Waals surface area contributed by atoms with E-state index in [1.165, 1.54) is 41.2 Å². The second-order valence-corrected chi connectivity index (χ2v) is 7.03. The number of halogens is 4. The van der Waals surface area contributed by atoms with Crippen molar-refractivity contribution in [3.05, 3.63) is 70.5 Å². The number of anilines is 1. The fraction of sp³-hybridized carbons (Fsp3) is 0.150. The van der Waals surface area contributed by atoms with Crippen LogP contribution in [0.4, 0.5) is 18.9 Å². The Morgan fingerprint density at radius 3 is 2.69 bits per heavy atom. The predicted molar refractivity (Wildman–Crippen MR) is 109 cm³/mol. The van der Waals surface area contributed by atoms with Crippen LogP contribution in [0.3, 0.4) is 0 Å². The van der Waals surface area contributed by atoms with E-state index in [4.69, 9.17) is 11.6 Å². The third-order valence-electron chi connectivity index (χ3n) is 4.67. The molecule has 8 nitrogen and oxygen atoms in total. The lowest BCUT2D eigenvalue weighted by atomic mass is 10.2. The molecule has 0 saturated heterocycles. The van der Waals surface area contributed by atoms with Gasteiger partial charge in [-0.05, 0) is 30.7 Å². The SMILES string of the molecule is CCc1ncc(NC(=O)c2cnn(-c3ccc(C#N)n4nccc34)c2C(F)(F)F)cc1Cl. The van der Waals surface area contributed by atoms with Crippen molar-refractivity contribution in [1.82, 2.24) is 24.4 Å². The summed E-state index contributed by atoms with van der Waals surface area (Å²) in [6, 6.07) is 7.40. The van der Waals surface area contributed by atoms with Crippen LogP contribution in [0.25, 0.3) is 11.2 Å². The lowest BCUT2D eigenvalue weighted by Gasteiger charge is -2.14. The van der Waals surface area contributed by atoms with Crippen molar-refractivity contribution in [3.8, 4) is 11.8 Å². The summed E-state index contributed by atoms with van der Waals surface area (Å²) in [7, 11) is 0. The number of hydrogen-bond acceptors (Lipinski definition) is 5. The van der Waals surface area contributed by atoms with Crippen molar-refractivity contribution in [3.63, 3.8) is 0 Å². The van der Waals surface area contributed by atoms with E-state index in [1.807, 2.05) is 13.0 Å². The standard InChI is InChI=1S/C20H13ClF3N7O/c1-2-15-14(21)7-11(9-26-15)29-19(32)13-10-28-31(18(13)20(22,23)24)16-4-3-12(8-25)30-17(16)5-6-27-30/h3-7,9-10H,2H2,1H3,(H,29,32). The molecular formula is C20H13ClF3N7O. The fourth-order valence-corrected chi connectivity index (χ4v) is 3.53. The Kier molecular flexibility index (Phi) is 5.31. The normalized spacial score (nSPS) is 11.5. The Morgan fingerprint density at radius 1 is 1.25 bits per heavy atom. The number of aromatic nitrogens is 5. The zero-order valence-corrected chi connectivity index (χ0v) is 17.1. The number of carbonyl (C=O) groups excluding carboxylic acids is 1. The number of carbonyl (C=O) groups is 1. The van der Waals surface area contributed by atoms with Crippen LogP contribution >= 0.6 is 11.6 Å². The molecule has 1 amide bonds. The van der Waals surface area contributed by atoms with Crippen molar-refractivity contribution in [2.75, 3.05) is 5.32 Å². The van der Waals surface area contributed by atoms with E-state index in [0.29, 0.717) is 16.8 Å². The van der Waals surface area contributed by atoms with Gasteiger partial charge in [0.05, 0.1) is 51.8 Å². The van der Waals surface area contributed by atoms with Crippen molar-refractivity contribution in [2.45, 2.75) is 19.5 Å². The molecule has 4 aromatic heterocycles. The highest BCUT2D eigenvalue weighted by molar-refractivity contribution is 6.31. The van der Waals surface area contributed by atoms with Gasteiger partial charge in [0, 0.05) is 0 Å². The summed E-state index contributed by atoms with van der Waals surface area (Å²) in [6.45, 7) is 1.84. The molecule has 4 aromatic rings. The first-order valence-corrected chi connectivity index (χ1v) is 9.60. The molecular weight excluding hydrogens is 447 g/mol. The molecule has 4 rings (SSSR count). The number of aryl methyl sites for hydroxylation is 1. The lowest BCUT2D eigenvalue weighted by molar-refractivity contribution is -0.143. The zero-order chi connectivity index (χ0) is 23.0. The number of pyridine rings is 2. The summed E-state index contributed by atoms with van der Waals surface area (Å²) < 4.78 is 43.8. The van der Waals surface area contributed by atoms with Gasteiger partial charge in [-0.2, -0.15) is 28.6 Å². The molecule has 32 heavy (non-hydrogen) atoms. The Balaban J connectivity index is 1.80. The van der Waals surface area contributed by atoms with Crippen LogP contribution < -0.4 is 5.32 Å². The van der Waals surface area contributed by atoms with Crippen LogP contribution in [-0.4, -0.2) is 30.3 Å². The highest BCUT2D eigenvalue weighted by Gasteiger charge is 2.41. The predicted octanol–water partition coefficient (Wildman–Crippen LogP) is 4.27. The maximum absolute atomic E-state index is 14.0. The first-order valence-electron chi connectivity index (χ1n) is 9.22. The van der Waals surface area contributed by atoms with E-state index in [9.17, 15) is 23.2 Å². The summed E-state index contributed by atoms with van der Waals surface area (Å²) in [4.78, 5) is 16.8. The number of nitrogens with one attached hydrogen (secondary N) is 1. The van der Waals surface area contributed by atoms with E-state index in [2.05, 4.69) is 20.5 Å². The van der Waals surface area contributed by atoms with Gasteiger partial charge >= 0.3 is 6.18 Å². The van der Waals surface area contributed by atoms with E-state index in [1.54, 1.807) is 0 Å². The summed E-state index contributed by atoms with van der Waals surface area (Å²) in [5.41, 5.74) is -0.857. The number of amides is 1. The van der Waals surface area contributed by atoms with E-state index >= 15 is 0 Å². The summed E-state index contributed by atoms with van der Waals surface area (Å²) >= 11 is 6.08. The molecule has 0 aliphatic carbocycles. The van der Waals surface area contributed by atoms with Crippen LogP contribution in [0.2, 0.25) is 5.02 Å². The average molecular weight is 460 g/mol. The first kappa shape index (κ1) is 21.3. The minimum atomic E-state index is -4.91. The van der Waals surface area contributed by atoms with E-state index < -0.39 is 23.3 Å². The number of nitrogens with zero attached hydrogens (tertiary/aromatic N) is 6. The van der Waals surface area contributed by atoms with Crippen LogP contribution in [-0.2, 0) is 12.6 Å². The molecule has 0 bridgehead atoms. The molecule has 0 radical (unpaired) electrons. The Labute approximate surface area is 183 Å². The smallest absolute Gasteiger partial charge is 0.320 e. The summed E-state index contributed by atoms with van der Waals surface area (Å²) in [5, 5.41) is 19.6. The Morgan fingerprint density at radius 2 is 2.03 bits per heavy atom. The lowest BCUT2D eigenvalue weighted by Crippen LogP contribution is -2.21. The number of fused-ring (bicyclic) bond motifs is 1. The molecule has 12 heteroatoms. The van der Waals surface area contributed by atoms with E-state index in [0.717, 1.165) is 6.20 Å². The summed E-state index contributed by atoms with van der Waals surface area (Å²) in [5.74, 6) is -1.02. The van der Waals surface area contributed by atoms with Crippen molar-refractivity contribution >= 4 is 28.7 Å². The van der Waals surface area contributed by atoms with Gasteiger partial charge in [-0.15, -0.1) is 0 Å². The second kappa shape index (κ2) is 7.97. The zero-order valence-electron chi connectivity index (χ0n) is 16.4. The third kappa shape index (κ3) is 3.65. The molecule has 0 aromatic carbocycles. The van der Waals surface area contributed by atoms with Gasteiger partial charge in [0.15, 0.2) is 5.69 Å². The average Bonchev–Trinajstić information content (AvgIpc) is 3.40. The van der Waals surface area contributed by atoms with Crippen molar-refractivity contribution in [1.29, 1.82) is 5.26 Å². The number of nitriles is 1. The Bertz CT molecular complexity index is 1380. The molecule has 1 N–H and O–H groups in total. The van der Waals surface area contributed by atoms with Gasteiger partial charge in [0.2, 0.25) is 0 Å². The highest BCUT2D eigenvalue weighted by Crippen LogP contribution is 2.35. The number of rotatable bonds is 4. The maximum atomic E-state index is 14.0. The van der Waals surface area contributed by atoms with Crippen LogP contribution in [0.15, 0.2) is 42.9 Å². The Hall–Kier alpha value is -3.91. The maximum Gasteiger partial charge on any atom is 0.434 e. The largest absolute Gasteiger partial charge is 0.434 e. The van der Waals surface area contributed by atoms with Gasteiger partial charge in [0.1, 0.15) is 11.8 Å². The minimum absolute atomic E-state index is 0.00452. The highest BCUT2D eigenvalue weighted by atomic mass is 35.5. The molecule has 0 unspecified atom stereocenters. The van der Waals surface area contributed by atoms with Crippen molar-refractivity contribution < 1.29 is 18.0 Å². The van der Waals surface area contributed by atoms with Gasteiger partial charge in [-0.25, -0.2) is 9.20 Å². The monoisotopic (exact) mass is 459 g/mol. The molecule has 0 fully saturated rings. The topological polar surface area (TPSA) is 101 Å². The third-order valence-corrected chi connectivity index (χ3v) is 4.99. The van der Waals surface area contributed by atoms with Gasteiger partial charge in [-0.3, -0.25) is 9.78 Å². The first-order chi connectivity index (χ1) is 15.2. The second-order valence-electron chi connectivity index (χ2n) is 6.62. The van der Waals surface area contributed by atoms with Gasteiger partial charge < -0.3 is 5.32 Å². The number of hydrogen-bond donors (Lipinski definition) is 1. The summed E-state index contributed by atoms with van der Waals surface area (Å²) in [6.07, 6.45) is -0.849. The minimum Gasteiger partial charge on any atom is -0.320 e. The van der Waals surface area contributed by atoms with E-state index in [-0.39, 0.29) is 27.6 Å². The van der Waals surface area contributed by atoms with Gasteiger partial charge in [-0.1, -0.05) is 18.5 Å². The van der Waals surface area contributed by atoms with Crippen molar-refractivity contribution in [2.24, 2.45) is 0 Å². The van der Waals surface area contributed by atoms with Crippen LogP contribution in [0.1, 0.15) is 34.4 Å². The number of alkyl halides is 3. The molecule has 0 saturated carbocycles. The molecule has 162 valence electrons. The molecule has 0 aliphatic heterocycles.